The van der Waals surface area contributed by atoms with E-state index in [-0.39, 0.29) is 24.1 Å². The fraction of sp³-hybridized carbons (Fsp3) is 0.500. The molecule has 0 atom stereocenters. The van der Waals surface area contributed by atoms with Crippen LogP contribution < -0.4 is 17.7 Å². The summed E-state index contributed by atoms with van der Waals surface area (Å²) in [5, 5.41) is 12.4. The van der Waals surface area contributed by atoms with E-state index in [0.29, 0.717) is 12.2 Å². The second kappa shape index (κ2) is 6.26. The summed E-state index contributed by atoms with van der Waals surface area (Å²) in [6, 6.07) is 5.21. The van der Waals surface area contributed by atoms with Crippen LogP contribution in [-0.4, -0.2) is 42.2 Å². The summed E-state index contributed by atoms with van der Waals surface area (Å²) < 4.78 is 0.823. The summed E-state index contributed by atoms with van der Waals surface area (Å²) >= 11 is 0. The fourth-order valence-electron chi connectivity index (χ4n) is 2.49. The molecule has 19 heavy (non-hydrogen) atoms. The normalized spacial score (nSPS) is 16.7. The molecule has 0 spiro atoms. The number of amides is 1. The van der Waals surface area contributed by atoms with Gasteiger partial charge in [-0.3, -0.25) is 4.79 Å². The van der Waals surface area contributed by atoms with Crippen LogP contribution in [-0.2, 0) is 4.79 Å². The van der Waals surface area contributed by atoms with E-state index in [0.717, 1.165) is 23.1 Å². The second-order valence-electron chi connectivity index (χ2n) is 5.48. The molecule has 2 N–H and O–H groups in total. The maximum Gasteiger partial charge on any atom is 0.279 e. The second-order valence-corrected chi connectivity index (χ2v) is 5.48. The first-order chi connectivity index (χ1) is 8.48. The van der Waals surface area contributed by atoms with Crippen LogP contribution in [0.4, 0.5) is 5.69 Å². The number of aryl methyl sites for hydroxylation is 1. The Morgan fingerprint density at radius 2 is 2.00 bits per heavy atom. The highest BCUT2D eigenvalue weighted by molar-refractivity contribution is 5.91. The Morgan fingerprint density at radius 3 is 2.58 bits per heavy atom. The van der Waals surface area contributed by atoms with Gasteiger partial charge in [-0.1, -0.05) is 6.07 Å². The van der Waals surface area contributed by atoms with E-state index in [1.807, 2.05) is 13.0 Å². The molecule has 0 unspecified atom stereocenters. The summed E-state index contributed by atoms with van der Waals surface area (Å²) in [4.78, 5) is 12.0. The van der Waals surface area contributed by atoms with Crippen LogP contribution in [0, 0.1) is 6.92 Å². The molecule has 106 valence electrons. The number of carbonyl (C=O) groups excluding carboxylic acids is 1. The van der Waals surface area contributed by atoms with Crippen LogP contribution in [0.2, 0.25) is 0 Å². The minimum Gasteiger partial charge on any atom is -1.00 e. The van der Waals surface area contributed by atoms with E-state index in [2.05, 4.69) is 12.4 Å². The van der Waals surface area contributed by atoms with Gasteiger partial charge in [-0.2, -0.15) is 0 Å². The minimum absolute atomic E-state index is 0. The molecule has 4 nitrogen and oxygen atoms in total. The SMILES string of the molecule is Cc1ccc(NC(=O)C[N+]2(C)CCCC2)cc1O.[Cl-]. The quantitative estimate of drug-likeness (QED) is 0.691. The van der Waals surface area contributed by atoms with Crippen molar-refractivity contribution in [1.82, 2.24) is 0 Å². The molecule has 2 rings (SSSR count). The van der Waals surface area contributed by atoms with Gasteiger partial charge in [-0.05, 0) is 18.6 Å². The highest BCUT2D eigenvalue weighted by Crippen LogP contribution is 2.21. The number of aromatic hydroxyl groups is 1. The van der Waals surface area contributed by atoms with Crippen molar-refractivity contribution in [3.63, 3.8) is 0 Å². The van der Waals surface area contributed by atoms with Crippen LogP contribution in [0.3, 0.4) is 0 Å². The predicted molar refractivity (Wildman–Crippen MR) is 71.5 cm³/mol. The van der Waals surface area contributed by atoms with Crippen molar-refractivity contribution >= 4 is 11.6 Å². The molecule has 0 aliphatic carbocycles. The summed E-state index contributed by atoms with van der Waals surface area (Å²) in [7, 11) is 2.12. The lowest BCUT2D eigenvalue weighted by Crippen LogP contribution is -3.00. The van der Waals surface area contributed by atoms with Gasteiger partial charge in [0.25, 0.3) is 5.91 Å². The van der Waals surface area contributed by atoms with Gasteiger partial charge in [-0.15, -0.1) is 0 Å². The van der Waals surface area contributed by atoms with Gasteiger partial charge in [0, 0.05) is 24.6 Å². The van der Waals surface area contributed by atoms with Gasteiger partial charge >= 0.3 is 0 Å². The maximum atomic E-state index is 12.0. The third-order valence-electron chi connectivity index (χ3n) is 3.66. The Hall–Kier alpha value is -1.26. The molecule has 1 aliphatic rings. The van der Waals surface area contributed by atoms with Crippen molar-refractivity contribution in [2.75, 3.05) is 32.0 Å². The average Bonchev–Trinajstić information content (AvgIpc) is 2.70. The lowest BCUT2D eigenvalue weighted by atomic mass is 10.2. The van der Waals surface area contributed by atoms with E-state index in [1.165, 1.54) is 12.8 Å². The number of likely N-dealkylation sites (N-methyl/N-ethyl adjacent to an activating group) is 1. The number of halogens is 1. The number of rotatable bonds is 3. The standard InChI is InChI=1S/C14H20N2O2.ClH/c1-11-5-6-12(9-13(11)17)15-14(18)10-16(2)7-3-4-8-16;/h5-6,9H,3-4,7-8,10H2,1-2H3,(H-,15,17,18);1H. The molecule has 1 aliphatic heterocycles. The number of phenolic OH excluding ortho intramolecular Hbond substituents is 1. The van der Waals surface area contributed by atoms with E-state index >= 15 is 0 Å². The van der Waals surface area contributed by atoms with Crippen LogP contribution in [0.25, 0.3) is 0 Å². The third-order valence-corrected chi connectivity index (χ3v) is 3.66. The zero-order valence-electron chi connectivity index (χ0n) is 11.4. The average molecular weight is 285 g/mol. The number of hydrogen-bond donors (Lipinski definition) is 2. The van der Waals surface area contributed by atoms with Crippen molar-refractivity contribution in [2.24, 2.45) is 0 Å². The number of carbonyl (C=O) groups is 1. The zero-order valence-corrected chi connectivity index (χ0v) is 12.2. The number of hydrogen-bond acceptors (Lipinski definition) is 2. The topological polar surface area (TPSA) is 49.3 Å². The van der Waals surface area contributed by atoms with E-state index < -0.39 is 0 Å². The molecule has 0 saturated carbocycles. The molecule has 1 aromatic carbocycles. The molecular formula is C14H21ClN2O2. The predicted octanol–water partition coefficient (Wildman–Crippen LogP) is -1.12. The number of quaternary nitrogens is 1. The maximum absolute atomic E-state index is 12.0. The fourth-order valence-corrected chi connectivity index (χ4v) is 2.49. The van der Waals surface area contributed by atoms with E-state index in [1.54, 1.807) is 12.1 Å². The first-order valence-corrected chi connectivity index (χ1v) is 6.42. The zero-order chi connectivity index (χ0) is 13.2. The summed E-state index contributed by atoms with van der Waals surface area (Å²) in [6.45, 7) is 4.49. The van der Waals surface area contributed by atoms with Gasteiger partial charge < -0.3 is 27.3 Å². The van der Waals surface area contributed by atoms with Crippen LogP contribution in [0.1, 0.15) is 18.4 Å². The third kappa shape index (κ3) is 4.11. The Bertz CT molecular complexity index is 457. The summed E-state index contributed by atoms with van der Waals surface area (Å²) in [5.41, 5.74) is 1.47. The Balaban J connectivity index is 0.00000180. The number of anilines is 1. The molecule has 0 aromatic heterocycles. The van der Waals surface area contributed by atoms with Gasteiger partial charge in [0.05, 0.1) is 20.1 Å². The van der Waals surface area contributed by atoms with Crippen molar-refractivity contribution < 1.29 is 26.8 Å². The van der Waals surface area contributed by atoms with Crippen LogP contribution in [0.5, 0.6) is 5.75 Å². The van der Waals surface area contributed by atoms with Gasteiger partial charge in [0.2, 0.25) is 0 Å². The first-order valence-electron chi connectivity index (χ1n) is 6.42. The van der Waals surface area contributed by atoms with E-state index in [4.69, 9.17) is 0 Å². The van der Waals surface area contributed by atoms with Crippen molar-refractivity contribution in [1.29, 1.82) is 0 Å². The van der Waals surface area contributed by atoms with Crippen LogP contribution in [0.15, 0.2) is 18.2 Å². The lowest BCUT2D eigenvalue weighted by Gasteiger charge is -2.28. The van der Waals surface area contributed by atoms with Crippen molar-refractivity contribution in [3.8, 4) is 5.75 Å². The molecule has 0 radical (unpaired) electrons. The van der Waals surface area contributed by atoms with Crippen LogP contribution >= 0.6 is 0 Å². The highest BCUT2D eigenvalue weighted by Gasteiger charge is 2.29. The molecule has 0 bridgehead atoms. The Labute approximate surface area is 120 Å². The lowest BCUT2D eigenvalue weighted by molar-refractivity contribution is -0.889. The Kier molecular flexibility index (Phi) is 5.20. The smallest absolute Gasteiger partial charge is 0.279 e. The van der Waals surface area contributed by atoms with Gasteiger partial charge in [0.1, 0.15) is 5.75 Å². The molecule has 1 aromatic rings. The highest BCUT2D eigenvalue weighted by atomic mass is 35.5. The number of nitrogens with one attached hydrogen (secondary N) is 1. The van der Waals surface area contributed by atoms with Crippen molar-refractivity contribution in [2.45, 2.75) is 19.8 Å². The monoisotopic (exact) mass is 284 g/mol. The van der Waals surface area contributed by atoms with Gasteiger partial charge in [0.15, 0.2) is 6.54 Å². The van der Waals surface area contributed by atoms with E-state index in [9.17, 15) is 9.90 Å². The summed E-state index contributed by atoms with van der Waals surface area (Å²) in [5.74, 6) is 0.233. The molecular weight excluding hydrogens is 264 g/mol. The molecule has 1 fully saturated rings. The molecule has 1 amide bonds. The number of benzene rings is 1. The first kappa shape index (κ1) is 15.8. The molecule has 5 heteroatoms. The summed E-state index contributed by atoms with van der Waals surface area (Å²) in [6.07, 6.45) is 2.41. The molecule has 1 saturated heterocycles. The number of phenols is 1. The Morgan fingerprint density at radius 1 is 1.37 bits per heavy atom. The number of likely N-dealkylation sites (tertiary alicyclic amines) is 1. The van der Waals surface area contributed by atoms with Crippen molar-refractivity contribution in [3.05, 3.63) is 23.8 Å². The largest absolute Gasteiger partial charge is 1.00 e. The van der Waals surface area contributed by atoms with Gasteiger partial charge in [-0.25, -0.2) is 0 Å². The molecule has 1 heterocycles. The minimum atomic E-state index is 0. The number of nitrogens with zero attached hydrogens (tertiary/aromatic N) is 1.